The van der Waals surface area contributed by atoms with Gasteiger partial charge in [-0.2, -0.15) is 0 Å². The number of piperazine rings is 1. The maximum Gasteiger partial charge on any atom is 0.242 e. The molecule has 0 saturated carbocycles. The standard InChI is InChI=1S/C18H25N3O2.ClH/c1-2-14-5-7-15(8-6-14)16-12-19-9-11-21(16)18(23)13-20-10-3-4-17(20)22;/h5-8,16,19H,2-4,9-13H2,1H3;1H. The van der Waals surface area contributed by atoms with Gasteiger partial charge in [0.1, 0.15) is 0 Å². The Morgan fingerprint density at radius 3 is 2.62 bits per heavy atom. The van der Waals surface area contributed by atoms with Gasteiger partial charge in [0.05, 0.1) is 12.6 Å². The van der Waals surface area contributed by atoms with Crippen LogP contribution in [0.4, 0.5) is 0 Å². The van der Waals surface area contributed by atoms with E-state index in [0.717, 1.165) is 31.5 Å². The molecule has 2 fully saturated rings. The maximum atomic E-state index is 12.7. The van der Waals surface area contributed by atoms with E-state index in [1.165, 1.54) is 5.56 Å². The van der Waals surface area contributed by atoms with Crippen LogP contribution in [-0.2, 0) is 16.0 Å². The molecule has 2 aliphatic heterocycles. The van der Waals surface area contributed by atoms with E-state index in [-0.39, 0.29) is 36.8 Å². The Bertz CT molecular complexity index is 576. The van der Waals surface area contributed by atoms with Gasteiger partial charge in [-0.25, -0.2) is 0 Å². The second-order valence-electron chi connectivity index (χ2n) is 6.32. The van der Waals surface area contributed by atoms with Crippen molar-refractivity contribution in [2.45, 2.75) is 32.2 Å². The first-order valence-electron chi connectivity index (χ1n) is 8.56. The lowest BCUT2D eigenvalue weighted by molar-refractivity contribution is -0.140. The third kappa shape index (κ3) is 4.08. The molecule has 132 valence electrons. The van der Waals surface area contributed by atoms with Crippen molar-refractivity contribution in [3.8, 4) is 0 Å². The fourth-order valence-corrected chi connectivity index (χ4v) is 3.40. The number of nitrogens with zero attached hydrogens (tertiary/aromatic N) is 2. The largest absolute Gasteiger partial charge is 0.333 e. The predicted octanol–water partition coefficient (Wildman–Crippen LogP) is 1.77. The van der Waals surface area contributed by atoms with E-state index in [0.29, 0.717) is 19.5 Å². The Labute approximate surface area is 149 Å². The third-order valence-corrected chi connectivity index (χ3v) is 4.83. The van der Waals surface area contributed by atoms with Crippen LogP contribution in [0.3, 0.4) is 0 Å². The summed E-state index contributed by atoms with van der Waals surface area (Å²) in [6.45, 7) is 5.35. The zero-order valence-corrected chi connectivity index (χ0v) is 15.0. The van der Waals surface area contributed by atoms with Crippen molar-refractivity contribution in [2.24, 2.45) is 0 Å². The molecule has 0 bridgehead atoms. The first-order valence-corrected chi connectivity index (χ1v) is 8.56. The van der Waals surface area contributed by atoms with Crippen LogP contribution in [0.2, 0.25) is 0 Å². The smallest absolute Gasteiger partial charge is 0.242 e. The number of rotatable bonds is 4. The van der Waals surface area contributed by atoms with Gasteiger partial charge in [-0.1, -0.05) is 31.2 Å². The second kappa shape index (κ2) is 8.49. The molecule has 0 spiro atoms. The number of likely N-dealkylation sites (tertiary alicyclic amines) is 1. The molecule has 1 aromatic rings. The molecule has 0 radical (unpaired) electrons. The second-order valence-corrected chi connectivity index (χ2v) is 6.32. The van der Waals surface area contributed by atoms with Gasteiger partial charge < -0.3 is 15.1 Å². The molecule has 2 amide bonds. The lowest BCUT2D eigenvalue weighted by atomic mass is 10.0. The van der Waals surface area contributed by atoms with Crippen molar-refractivity contribution in [1.82, 2.24) is 15.1 Å². The minimum absolute atomic E-state index is 0. The molecule has 3 rings (SSSR count). The lowest BCUT2D eigenvalue weighted by Gasteiger charge is -2.37. The van der Waals surface area contributed by atoms with Gasteiger partial charge in [-0.3, -0.25) is 9.59 Å². The highest BCUT2D eigenvalue weighted by Gasteiger charge is 2.30. The van der Waals surface area contributed by atoms with Crippen molar-refractivity contribution in [3.63, 3.8) is 0 Å². The Hall–Kier alpha value is -1.59. The van der Waals surface area contributed by atoms with Gasteiger partial charge in [0, 0.05) is 32.6 Å². The summed E-state index contributed by atoms with van der Waals surface area (Å²) in [5.41, 5.74) is 2.47. The van der Waals surface area contributed by atoms with Crippen LogP contribution in [0, 0.1) is 0 Å². The molecule has 2 aliphatic rings. The van der Waals surface area contributed by atoms with E-state index >= 15 is 0 Å². The molecule has 0 aliphatic carbocycles. The van der Waals surface area contributed by atoms with E-state index in [1.54, 1.807) is 4.90 Å². The molecular formula is C18H26ClN3O2. The summed E-state index contributed by atoms with van der Waals surface area (Å²) in [4.78, 5) is 28.1. The Balaban J connectivity index is 0.00000208. The highest BCUT2D eigenvalue weighted by atomic mass is 35.5. The van der Waals surface area contributed by atoms with Crippen molar-refractivity contribution in [3.05, 3.63) is 35.4 Å². The predicted molar refractivity (Wildman–Crippen MR) is 96.2 cm³/mol. The number of aryl methyl sites for hydroxylation is 1. The van der Waals surface area contributed by atoms with Crippen molar-refractivity contribution < 1.29 is 9.59 Å². The zero-order valence-electron chi connectivity index (χ0n) is 14.2. The molecule has 5 nitrogen and oxygen atoms in total. The van der Waals surface area contributed by atoms with Gasteiger partial charge >= 0.3 is 0 Å². The molecule has 1 aromatic carbocycles. The topological polar surface area (TPSA) is 52.7 Å². The number of carbonyl (C=O) groups excluding carboxylic acids is 2. The van der Waals surface area contributed by atoms with E-state index < -0.39 is 0 Å². The average Bonchev–Trinajstić information content (AvgIpc) is 3.00. The van der Waals surface area contributed by atoms with E-state index in [1.807, 2.05) is 4.90 Å². The van der Waals surface area contributed by atoms with Crippen LogP contribution >= 0.6 is 12.4 Å². The van der Waals surface area contributed by atoms with Crippen molar-refractivity contribution >= 4 is 24.2 Å². The average molecular weight is 352 g/mol. The van der Waals surface area contributed by atoms with E-state index in [4.69, 9.17) is 0 Å². The number of hydrogen-bond acceptors (Lipinski definition) is 3. The van der Waals surface area contributed by atoms with Crippen LogP contribution in [0.15, 0.2) is 24.3 Å². The van der Waals surface area contributed by atoms with Crippen LogP contribution < -0.4 is 5.32 Å². The normalized spacial score (nSPS) is 20.9. The highest BCUT2D eigenvalue weighted by Crippen LogP contribution is 2.23. The SMILES string of the molecule is CCc1ccc(C2CNCCN2C(=O)CN2CCCC2=O)cc1.Cl. The van der Waals surface area contributed by atoms with Crippen LogP contribution in [0.25, 0.3) is 0 Å². The van der Waals surface area contributed by atoms with Gasteiger partial charge in [-0.05, 0) is 24.0 Å². The summed E-state index contributed by atoms with van der Waals surface area (Å²) in [7, 11) is 0. The van der Waals surface area contributed by atoms with Crippen LogP contribution in [0.5, 0.6) is 0 Å². The molecule has 2 heterocycles. The van der Waals surface area contributed by atoms with Crippen molar-refractivity contribution in [1.29, 1.82) is 0 Å². The molecule has 1 atom stereocenters. The van der Waals surface area contributed by atoms with Gasteiger partial charge in [0.2, 0.25) is 11.8 Å². The maximum absolute atomic E-state index is 12.7. The van der Waals surface area contributed by atoms with Gasteiger partial charge in [-0.15, -0.1) is 12.4 Å². The Morgan fingerprint density at radius 1 is 1.25 bits per heavy atom. The van der Waals surface area contributed by atoms with Crippen molar-refractivity contribution in [2.75, 3.05) is 32.7 Å². The Kier molecular flexibility index (Phi) is 6.63. The van der Waals surface area contributed by atoms with Crippen LogP contribution in [-0.4, -0.2) is 54.3 Å². The minimum Gasteiger partial charge on any atom is -0.333 e. The number of hydrogen-bond donors (Lipinski definition) is 1. The molecule has 1 N–H and O–H groups in total. The first kappa shape index (κ1) is 18.7. The molecule has 6 heteroatoms. The minimum atomic E-state index is 0. The lowest BCUT2D eigenvalue weighted by Crippen LogP contribution is -2.51. The molecule has 2 saturated heterocycles. The quantitative estimate of drug-likeness (QED) is 0.899. The number of nitrogens with one attached hydrogen (secondary N) is 1. The zero-order chi connectivity index (χ0) is 16.2. The fourth-order valence-electron chi connectivity index (χ4n) is 3.40. The first-order chi connectivity index (χ1) is 11.2. The van der Waals surface area contributed by atoms with Crippen LogP contribution in [0.1, 0.15) is 36.9 Å². The molecule has 24 heavy (non-hydrogen) atoms. The van der Waals surface area contributed by atoms with Gasteiger partial charge in [0.25, 0.3) is 0 Å². The fraction of sp³-hybridized carbons (Fsp3) is 0.556. The molecular weight excluding hydrogens is 326 g/mol. The van der Waals surface area contributed by atoms with E-state index in [9.17, 15) is 9.59 Å². The highest BCUT2D eigenvalue weighted by molar-refractivity contribution is 5.86. The summed E-state index contributed by atoms with van der Waals surface area (Å²) >= 11 is 0. The summed E-state index contributed by atoms with van der Waals surface area (Å²) in [6, 6.07) is 8.57. The monoisotopic (exact) mass is 351 g/mol. The summed E-state index contributed by atoms with van der Waals surface area (Å²) < 4.78 is 0. The number of halogens is 1. The molecule has 1 unspecified atom stereocenters. The van der Waals surface area contributed by atoms with E-state index in [2.05, 4.69) is 36.5 Å². The number of carbonyl (C=O) groups is 2. The molecule has 0 aromatic heterocycles. The Morgan fingerprint density at radius 2 is 2.00 bits per heavy atom. The number of amides is 2. The summed E-state index contributed by atoms with van der Waals surface area (Å²) in [5, 5.41) is 3.37. The van der Waals surface area contributed by atoms with Gasteiger partial charge in [0.15, 0.2) is 0 Å². The summed E-state index contributed by atoms with van der Waals surface area (Å²) in [5.74, 6) is 0.170. The third-order valence-electron chi connectivity index (χ3n) is 4.83. The number of benzene rings is 1. The summed E-state index contributed by atoms with van der Waals surface area (Å²) in [6.07, 6.45) is 2.47.